The summed E-state index contributed by atoms with van der Waals surface area (Å²) in [4.78, 5) is 13.2. The Kier molecular flexibility index (Phi) is 8.98. The van der Waals surface area contributed by atoms with Crippen molar-refractivity contribution in [3.63, 3.8) is 0 Å². The highest BCUT2D eigenvalue weighted by Gasteiger charge is 2.29. The second-order valence-electron chi connectivity index (χ2n) is 8.16. The van der Waals surface area contributed by atoms with Crippen LogP contribution in [0.25, 0.3) is 0 Å². The predicted molar refractivity (Wildman–Crippen MR) is 132 cm³/mol. The number of rotatable bonds is 9. The van der Waals surface area contributed by atoms with E-state index >= 15 is 0 Å². The third-order valence-electron chi connectivity index (χ3n) is 5.14. The monoisotopic (exact) mass is 502 g/mol. The minimum atomic E-state index is -3.64. The van der Waals surface area contributed by atoms with Crippen LogP contribution in [0.2, 0.25) is 0 Å². The standard InChI is InChI=1S/C25H30N2O7S/c1-19(2)34-22-6-8-24(9-7-22)35(30,31)27-12-10-26(11-13-27)21-15-20(5-4-14-32-3)16-23(17-21)33-18-25(28)29/h6-9,15-17,19H,10-14,18H2,1-3H3,(H,28,29). The van der Waals surface area contributed by atoms with E-state index in [2.05, 4.69) is 11.8 Å². The molecule has 3 rings (SSSR count). The van der Waals surface area contributed by atoms with Crippen molar-refractivity contribution in [3.05, 3.63) is 48.0 Å². The molecule has 0 aliphatic carbocycles. The second-order valence-corrected chi connectivity index (χ2v) is 10.1. The summed E-state index contributed by atoms with van der Waals surface area (Å²) in [5, 5.41) is 8.94. The maximum Gasteiger partial charge on any atom is 0.341 e. The van der Waals surface area contributed by atoms with Gasteiger partial charge in [0.15, 0.2) is 6.61 Å². The highest BCUT2D eigenvalue weighted by atomic mass is 32.2. The van der Waals surface area contributed by atoms with Crippen LogP contribution in [0, 0.1) is 11.8 Å². The third kappa shape index (κ3) is 7.36. The van der Waals surface area contributed by atoms with Crippen LogP contribution in [0.3, 0.4) is 0 Å². The van der Waals surface area contributed by atoms with Gasteiger partial charge in [-0.3, -0.25) is 0 Å². The van der Waals surface area contributed by atoms with E-state index in [1.54, 1.807) is 43.5 Å². The molecule has 9 nitrogen and oxygen atoms in total. The summed E-state index contributed by atoms with van der Waals surface area (Å²) in [7, 11) is -2.09. The van der Waals surface area contributed by atoms with Gasteiger partial charge < -0.3 is 24.2 Å². The van der Waals surface area contributed by atoms with Gasteiger partial charge in [0.2, 0.25) is 10.0 Å². The first-order valence-electron chi connectivity index (χ1n) is 11.2. The highest BCUT2D eigenvalue weighted by molar-refractivity contribution is 7.89. The van der Waals surface area contributed by atoms with Crippen molar-refractivity contribution in [1.29, 1.82) is 0 Å². The lowest BCUT2D eigenvalue weighted by molar-refractivity contribution is -0.139. The van der Waals surface area contributed by atoms with E-state index in [1.807, 2.05) is 24.8 Å². The number of aliphatic carboxylic acids is 1. The van der Waals surface area contributed by atoms with Gasteiger partial charge in [-0.15, -0.1) is 0 Å². The summed E-state index contributed by atoms with van der Waals surface area (Å²) in [5.74, 6) is 5.78. The zero-order chi connectivity index (χ0) is 25.4. The molecule has 0 atom stereocenters. The molecule has 0 radical (unpaired) electrons. The van der Waals surface area contributed by atoms with Crippen LogP contribution < -0.4 is 14.4 Å². The number of hydrogen-bond acceptors (Lipinski definition) is 7. The molecule has 1 fully saturated rings. The van der Waals surface area contributed by atoms with Crippen molar-refractivity contribution in [3.8, 4) is 23.3 Å². The molecule has 0 aromatic heterocycles. The van der Waals surface area contributed by atoms with Crippen LogP contribution in [-0.2, 0) is 19.6 Å². The van der Waals surface area contributed by atoms with E-state index in [4.69, 9.17) is 19.3 Å². The fourth-order valence-electron chi connectivity index (χ4n) is 3.57. The molecule has 0 saturated carbocycles. The summed E-state index contributed by atoms with van der Waals surface area (Å²) in [6, 6.07) is 11.7. The van der Waals surface area contributed by atoms with E-state index in [1.165, 1.54) is 4.31 Å². The molecule has 10 heteroatoms. The van der Waals surface area contributed by atoms with Crippen molar-refractivity contribution in [2.75, 3.05) is 51.4 Å². The molecule has 1 saturated heterocycles. The van der Waals surface area contributed by atoms with Crippen LogP contribution in [0.1, 0.15) is 19.4 Å². The minimum absolute atomic E-state index is 0.00467. The van der Waals surface area contributed by atoms with Crippen molar-refractivity contribution in [1.82, 2.24) is 4.31 Å². The van der Waals surface area contributed by atoms with Gasteiger partial charge in [-0.25, -0.2) is 13.2 Å². The number of hydrogen-bond donors (Lipinski definition) is 1. The van der Waals surface area contributed by atoms with Gasteiger partial charge >= 0.3 is 5.97 Å². The smallest absolute Gasteiger partial charge is 0.341 e. The van der Waals surface area contributed by atoms with Crippen molar-refractivity contribution in [2.45, 2.75) is 24.8 Å². The van der Waals surface area contributed by atoms with Crippen LogP contribution in [-0.4, -0.2) is 76.4 Å². The summed E-state index contributed by atoms with van der Waals surface area (Å²) in [6.45, 7) is 5.13. The normalized spacial score (nSPS) is 14.3. The number of benzene rings is 2. The number of carbonyl (C=O) groups is 1. The fraction of sp³-hybridized carbons (Fsp3) is 0.400. The summed E-state index contributed by atoms with van der Waals surface area (Å²) >= 11 is 0. The van der Waals surface area contributed by atoms with Crippen LogP contribution in [0.5, 0.6) is 11.5 Å². The van der Waals surface area contributed by atoms with Gasteiger partial charge in [-0.1, -0.05) is 11.8 Å². The molecule has 35 heavy (non-hydrogen) atoms. The first kappa shape index (κ1) is 26.3. The number of piperazine rings is 1. The molecule has 0 spiro atoms. The Morgan fingerprint density at radius 3 is 2.34 bits per heavy atom. The average Bonchev–Trinajstić information content (AvgIpc) is 2.83. The van der Waals surface area contributed by atoms with E-state index in [0.29, 0.717) is 43.2 Å². The largest absolute Gasteiger partial charge is 0.491 e. The second kappa shape index (κ2) is 11.9. The first-order valence-corrected chi connectivity index (χ1v) is 12.6. The van der Waals surface area contributed by atoms with Crippen molar-refractivity contribution in [2.24, 2.45) is 0 Å². The molecule has 1 aliphatic heterocycles. The Morgan fingerprint density at radius 2 is 1.74 bits per heavy atom. The molecule has 1 N–H and O–H groups in total. The van der Waals surface area contributed by atoms with Gasteiger partial charge in [0.05, 0.1) is 11.0 Å². The number of carboxylic acid groups (broad SMARTS) is 1. The maximum absolute atomic E-state index is 13.1. The quantitative estimate of drug-likeness (QED) is 0.522. The van der Waals surface area contributed by atoms with Gasteiger partial charge in [0, 0.05) is 50.6 Å². The van der Waals surface area contributed by atoms with E-state index in [9.17, 15) is 13.2 Å². The molecule has 2 aromatic carbocycles. The number of carboxylic acids is 1. The number of ether oxygens (including phenoxy) is 3. The highest BCUT2D eigenvalue weighted by Crippen LogP contribution is 2.27. The Morgan fingerprint density at radius 1 is 1.06 bits per heavy atom. The fourth-order valence-corrected chi connectivity index (χ4v) is 5.00. The number of methoxy groups -OCH3 is 1. The van der Waals surface area contributed by atoms with Crippen molar-refractivity contribution >= 4 is 21.7 Å². The molecule has 0 amide bonds. The molecule has 0 unspecified atom stereocenters. The molecule has 188 valence electrons. The molecule has 1 heterocycles. The van der Waals surface area contributed by atoms with Crippen molar-refractivity contribution < 1.29 is 32.5 Å². The zero-order valence-corrected chi connectivity index (χ0v) is 20.9. The summed E-state index contributed by atoms with van der Waals surface area (Å²) in [6.07, 6.45) is 0.00467. The third-order valence-corrected chi connectivity index (χ3v) is 7.05. The summed E-state index contributed by atoms with van der Waals surface area (Å²) in [5.41, 5.74) is 1.43. The maximum atomic E-state index is 13.1. The van der Waals surface area contributed by atoms with Gasteiger partial charge in [-0.2, -0.15) is 4.31 Å². The summed E-state index contributed by atoms with van der Waals surface area (Å²) < 4.78 is 43.6. The number of nitrogens with zero attached hydrogens (tertiary/aromatic N) is 2. The van der Waals surface area contributed by atoms with E-state index in [-0.39, 0.29) is 17.6 Å². The molecular formula is C25H30N2O7S. The van der Waals surface area contributed by atoms with Crippen LogP contribution >= 0.6 is 0 Å². The number of anilines is 1. The van der Waals surface area contributed by atoms with E-state index in [0.717, 1.165) is 5.69 Å². The lowest BCUT2D eigenvalue weighted by Crippen LogP contribution is -2.48. The average molecular weight is 503 g/mol. The lowest BCUT2D eigenvalue weighted by Gasteiger charge is -2.35. The van der Waals surface area contributed by atoms with Gasteiger partial charge in [0.1, 0.15) is 18.1 Å². The Balaban J connectivity index is 1.73. The predicted octanol–water partition coefficient (Wildman–Crippen LogP) is 2.45. The SMILES string of the molecule is COCC#Cc1cc(OCC(=O)O)cc(N2CCN(S(=O)(=O)c3ccc(OC(C)C)cc3)CC2)c1. The first-order chi connectivity index (χ1) is 16.7. The topological polar surface area (TPSA) is 106 Å². The zero-order valence-electron chi connectivity index (χ0n) is 20.1. The molecular weight excluding hydrogens is 472 g/mol. The Hall–Kier alpha value is -3.26. The minimum Gasteiger partial charge on any atom is -0.491 e. The molecule has 2 aromatic rings. The van der Waals surface area contributed by atoms with Crippen LogP contribution in [0.15, 0.2) is 47.4 Å². The van der Waals surface area contributed by atoms with Crippen LogP contribution in [0.4, 0.5) is 5.69 Å². The Labute approximate surface area is 206 Å². The molecule has 0 bridgehead atoms. The number of sulfonamides is 1. The molecule has 1 aliphatic rings. The van der Waals surface area contributed by atoms with Gasteiger partial charge in [0.25, 0.3) is 0 Å². The lowest BCUT2D eigenvalue weighted by atomic mass is 10.1. The van der Waals surface area contributed by atoms with E-state index < -0.39 is 22.6 Å². The Bertz CT molecular complexity index is 1180. The van der Waals surface area contributed by atoms with Gasteiger partial charge in [-0.05, 0) is 50.2 Å².